The van der Waals surface area contributed by atoms with E-state index in [1.807, 2.05) is 43.3 Å². The number of carbonyl (C=O) groups is 1. The fourth-order valence-electron chi connectivity index (χ4n) is 2.70. The Labute approximate surface area is 145 Å². The van der Waals surface area contributed by atoms with Gasteiger partial charge in [0.1, 0.15) is 12.4 Å². The van der Waals surface area contributed by atoms with Gasteiger partial charge in [0, 0.05) is 10.0 Å². The second-order valence-corrected chi connectivity index (χ2v) is 6.62. The van der Waals surface area contributed by atoms with E-state index >= 15 is 0 Å². The molecule has 2 aromatic carbocycles. The molecule has 1 N–H and O–H groups in total. The third-order valence-corrected chi connectivity index (χ3v) is 4.52. The molecule has 0 spiro atoms. The molecule has 3 rings (SSSR count). The smallest absolute Gasteiger partial charge is 0.227 e. The van der Waals surface area contributed by atoms with Gasteiger partial charge < -0.3 is 10.1 Å². The molecule has 3 nitrogen and oxygen atoms in total. The minimum atomic E-state index is -0.212. The Morgan fingerprint density at radius 1 is 1.17 bits per heavy atom. The number of amides is 1. The summed E-state index contributed by atoms with van der Waals surface area (Å²) in [6.07, 6.45) is 0.634. The minimum absolute atomic E-state index is 0.0157. The van der Waals surface area contributed by atoms with E-state index in [2.05, 4.69) is 5.32 Å². The number of hydrogen-bond acceptors (Lipinski definition) is 2. The van der Waals surface area contributed by atoms with E-state index in [0.29, 0.717) is 23.1 Å². The largest absolute Gasteiger partial charge is 0.492 e. The molecule has 1 heterocycles. The number of ether oxygens (including phenoxy) is 1. The number of carbonyl (C=O) groups excluding carboxylic acids is 1. The highest BCUT2D eigenvalue weighted by Gasteiger charge is 2.27. The Morgan fingerprint density at radius 2 is 1.87 bits per heavy atom. The van der Waals surface area contributed by atoms with Crippen LogP contribution < -0.4 is 10.1 Å². The van der Waals surface area contributed by atoms with Gasteiger partial charge in [-0.2, -0.15) is 0 Å². The highest BCUT2D eigenvalue weighted by Crippen LogP contribution is 2.30. The fourth-order valence-corrected chi connectivity index (χ4v) is 3.02. The van der Waals surface area contributed by atoms with Gasteiger partial charge in [0.25, 0.3) is 0 Å². The fraction of sp³-hybridized carbons (Fsp3) is 0.278. The first-order chi connectivity index (χ1) is 11.0. The molecular formula is C18H17Cl2NO2. The van der Waals surface area contributed by atoms with Gasteiger partial charge >= 0.3 is 0 Å². The molecule has 0 saturated carbocycles. The van der Waals surface area contributed by atoms with E-state index in [1.54, 1.807) is 6.07 Å². The van der Waals surface area contributed by atoms with Gasteiger partial charge in [-0.05, 0) is 54.8 Å². The maximum atomic E-state index is 12.5. The van der Waals surface area contributed by atoms with E-state index in [9.17, 15) is 4.79 Å². The van der Waals surface area contributed by atoms with E-state index in [0.717, 1.165) is 16.9 Å². The lowest BCUT2D eigenvalue weighted by Crippen LogP contribution is -2.38. The van der Waals surface area contributed by atoms with Gasteiger partial charge in [0.2, 0.25) is 5.91 Å². The predicted molar refractivity (Wildman–Crippen MR) is 92.2 cm³/mol. The van der Waals surface area contributed by atoms with Crippen molar-refractivity contribution in [2.75, 3.05) is 6.61 Å². The van der Waals surface area contributed by atoms with E-state index < -0.39 is 0 Å². The van der Waals surface area contributed by atoms with Crippen molar-refractivity contribution in [3.8, 4) is 5.75 Å². The number of rotatable bonds is 3. The molecule has 2 atom stereocenters. The summed E-state index contributed by atoms with van der Waals surface area (Å²) in [5.74, 6) is 0.581. The number of halogens is 2. The Balaban J connectivity index is 1.66. The molecule has 0 aromatic heterocycles. The molecule has 1 amide bonds. The molecule has 0 bridgehead atoms. The molecule has 0 fully saturated rings. The summed E-state index contributed by atoms with van der Waals surface area (Å²) in [5, 5.41) is 4.37. The zero-order valence-corrected chi connectivity index (χ0v) is 14.2. The molecule has 120 valence electrons. The van der Waals surface area contributed by atoms with Crippen LogP contribution in [0.4, 0.5) is 0 Å². The normalized spacial score (nSPS) is 17.8. The zero-order valence-electron chi connectivity index (χ0n) is 12.7. The Kier molecular flexibility index (Phi) is 4.79. The van der Waals surface area contributed by atoms with Gasteiger partial charge in [0.05, 0.1) is 12.0 Å². The summed E-state index contributed by atoms with van der Waals surface area (Å²) in [6, 6.07) is 12.9. The Morgan fingerprint density at radius 3 is 2.61 bits per heavy atom. The van der Waals surface area contributed by atoms with E-state index in [4.69, 9.17) is 27.9 Å². The van der Waals surface area contributed by atoms with Crippen molar-refractivity contribution >= 4 is 29.1 Å². The molecule has 0 unspecified atom stereocenters. The highest BCUT2D eigenvalue weighted by molar-refractivity contribution is 6.30. The van der Waals surface area contributed by atoms with Crippen molar-refractivity contribution in [1.29, 1.82) is 0 Å². The molecule has 1 aliphatic rings. The van der Waals surface area contributed by atoms with Gasteiger partial charge in [-0.25, -0.2) is 0 Å². The number of benzene rings is 2. The molecule has 0 aliphatic carbocycles. The molecular weight excluding hydrogens is 333 g/mol. The first-order valence-corrected chi connectivity index (χ1v) is 8.25. The first-order valence-electron chi connectivity index (χ1n) is 7.50. The van der Waals surface area contributed by atoms with Gasteiger partial charge in [-0.15, -0.1) is 0 Å². The Bertz CT molecular complexity index is 715. The van der Waals surface area contributed by atoms with Crippen molar-refractivity contribution in [3.05, 3.63) is 63.6 Å². The molecule has 1 aliphatic heterocycles. The van der Waals surface area contributed by atoms with Crippen LogP contribution in [0.1, 0.15) is 24.1 Å². The van der Waals surface area contributed by atoms with Crippen LogP contribution >= 0.6 is 23.2 Å². The minimum Gasteiger partial charge on any atom is -0.492 e. The van der Waals surface area contributed by atoms with Gasteiger partial charge in [-0.3, -0.25) is 4.79 Å². The second kappa shape index (κ2) is 6.81. The van der Waals surface area contributed by atoms with Crippen molar-refractivity contribution in [3.63, 3.8) is 0 Å². The maximum absolute atomic E-state index is 12.5. The van der Waals surface area contributed by atoms with E-state index in [-0.39, 0.29) is 17.9 Å². The number of hydrogen-bond donors (Lipinski definition) is 1. The summed E-state index contributed by atoms with van der Waals surface area (Å²) in [6.45, 7) is 2.34. The summed E-state index contributed by atoms with van der Waals surface area (Å²) in [5.41, 5.74) is 1.99. The van der Waals surface area contributed by atoms with Crippen molar-refractivity contribution in [2.45, 2.75) is 19.4 Å². The van der Waals surface area contributed by atoms with Crippen LogP contribution in [0.25, 0.3) is 0 Å². The van der Waals surface area contributed by atoms with Crippen molar-refractivity contribution in [2.24, 2.45) is 5.92 Å². The van der Waals surface area contributed by atoms with E-state index in [1.165, 1.54) is 0 Å². The third-order valence-electron chi connectivity index (χ3n) is 4.03. The topological polar surface area (TPSA) is 38.3 Å². The van der Waals surface area contributed by atoms with Crippen LogP contribution in [0, 0.1) is 5.92 Å². The number of nitrogens with one attached hydrogen (secondary N) is 1. The summed E-state index contributed by atoms with van der Waals surface area (Å²) in [7, 11) is 0. The lowest BCUT2D eigenvalue weighted by atomic mass is 9.95. The second-order valence-electron chi connectivity index (χ2n) is 5.75. The first kappa shape index (κ1) is 16.2. The SMILES string of the molecule is C[C@@H](NC(=O)[C@H]1COc2ccc(Cl)cc2C1)c1ccc(Cl)cc1. The van der Waals surface area contributed by atoms with Crippen LogP contribution in [0.15, 0.2) is 42.5 Å². The monoisotopic (exact) mass is 349 g/mol. The molecule has 23 heavy (non-hydrogen) atoms. The molecule has 2 aromatic rings. The van der Waals surface area contributed by atoms with Crippen LogP contribution in [0.5, 0.6) is 5.75 Å². The molecule has 0 radical (unpaired) electrons. The molecule has 0 saturated heterocycles. The Hall–Kier alpha value is -1.71. The zero-order chi connectivity index (χ0) is 16.4. The summed E-state index contributed by atoms with van der Waals surface area (Å²) < 4.78 is 5.68. The lowest BCUT2D eigenvalue weighted by molar-refractivity contribution is -0.126. The lowest BCUT2D eigenvalue weighted by Gasteiger charge is -2.26. The van der Waals surface area contributed by atoms with Crippen LogP contribution in [-0.4, -0.2) is 12.5 Å². The number of fused-ring (bicyclic) bond motifs is 1. The molecule has 5 heteroatoms. The quantitative estimate of drug-likeness (QED) is 0.890. The predicted octanol–water partition coefficient (Wildman–Crippen LogP) is 4.42. The van der Waals surface area contributed by atoms with Crippen LogP contribution in [0.2, 0.25) is 10.0 Å². The van der Waals surface area contributed by atoms with Gasteiger partial charge in [0.15, 0.2) is 0 Å². The van der Waals surface area contributed by atoms with Gasteiger partial charge in [-0.1, -0.05) is 35.3 Å². The third kappa shape index (κ3) is 3.80. The summed E-state index contributed by atoms with van der Waals surface area (Å²) in [4.78, 5) is 12.5. The summed E-state index contributed by atoms with van der Waals surface area (Å²) >= 11 is 11.9. The average molecular weight is 350 g/mol. The van der Waals surface area contributed by atoms with Crippen molar-refractivity contribution in [1.82, 2.24) is 5.32 Å². The van der Waals surface area contributed by atoms with Crippen molar-refractivity contribution < 1.29 is 9.53 Å². The van der Waals surface area contributed by atoms with Crippen LogP contribution in [-0.2, 0) is 11.2 Å². The standard InChI is InChI=1S/C18H17Cl2NO2/c1-11(12-2-4-15(19)5-3-12)21-18(22)14-8-13-9-16(20)6-7-17(13)23-10-14/h2-7,9,11,14H,8,10H2,1H3,(H,21,22)/t11-,14-/m1/s1. The highest BCUT2D eigenvalue weighted by atomic mass is 35.5. The average Bonchev–Trinajstić information content (AvgIpc) is 2.54. The maximum Gasteiger partial charge on any atom is 0.227 e. The van der Waals surface area contributed by atoms with Crippen LogP contribution in [0.3, 0.4) is 0 Å².